The van der Waals surface area contributed by atoms with Gasteiger partial charge in [0.05, 0.1) is 0 Å². The number of carbonyl (C=O) groups is 1. The first-order valence-corrected chi connectivity index (χ1v) is 5.85. The van der Waals surface area contributed by atoms with Crippen LogP contribution in [0.2, 0.25) is 0 Å². The second-order valence-corrected chi connectivity index (χ2v) is 4.45. The summed E-state index contributed by atoms with van der Waals surface area (Å²) in [5.74, 6) is -0.453. The molecule has 0 radical (unpaired) electrons. The molecule has 0 aromatic carbocycles. The van der Waals surface area contributed by atoms with Gasteiger partial charge in [0.2, 0.25) is 0 Å². The Morgan fingerprint density at radius 1 is 1.39 bits per heavy atom. The van der Waals surface area contributed by atoms with Gasteiger partial charge < -0.3 is 15.4 Å². The van der Waals surface area contributed by atoms with Gasteiger partial charge in [0, 0.05) is 24.6 Å². The van der Waals surface area contributed by atoms with E-state index in [0.29, 0.717) is 0 Å². The van der Waals surface area contributed by atoms with Gasteiger partial charge in [-0.05, 0) is 12.8 Å². The normalized spacial score (nSPS) is 22.9. The molecule has 18 heavy (non-hydrogen) atoms. The predicted octanol–water partition coefficient (Wildman–Crippen LogP) is -1.05. The fourth-order valence-electron chi connectivity index (χ4n) is 2.28. The maximum atomic E-state index is 11.9. The summed E-state index contributed by atoms with van der Waals surface area (Å²) in [6, 6.07) is 0.935. The monoisotopic (exact) mass is 253 g/mol. The highest BCUT2D eigenvalue weighted by Gasteiger charge is 2.28. The Hall–Kier alpha value is -1.89. The molecule has 2 atom stereocenters. The number of hydrogen-bond acceptors (Lipinski definition) is 4. The summed E-state index contributed by atoms with van der Waals surface area (Å²) in [5, 5.41) is 11.9. The van der Waals surface area contributed by atoms with Crippen LogP contribution in [0, 0.1) is 5.92 Å². The lowest BCUT2D eigenvalue weighted by atomic mass is 10.1. The topological polar surface area (TPSA) is 115 Å². The van der Waals surface area contributed by atoms with Crippen molar-refractivity contribution in [3.8, 4) is 0 Å². The lowest BCUT2D eigenvalue weighted by Gasteiger charge is -2.18. The molecule has 2 unspecified atom stereocenters. The fraction of sp³-hybridized carbons (Fsp3) is 0.545. The molecule has 7 nitrogen and oxygen atoms in total. The number of aliphatic hydroxyl groups is 1. The first kappa shape index (κ1) is 12.6. The molecule has 0 bridgehead atoms. The molecule has 2 rings (SSSR count). The Morgan fingerprint density at radius 3 is 2.83 bits per heavy atom. The molecule has 98 valence electrons. The van der Waals surface area contributed by atoms with Gasteiger partial charge in [-0.2, -0.15) is 0 Å². The molecule has 1 aromatic rings. The number of hydrogen-bond donors (Lipinski definition) is 4. The SMILES string of the molecule is O=C(NC1CCCC1CO)c1cc(=O)[nH]c(=O)[nH]1. The summed E-state index contributed by atoms with van der Waals surface area (Å²) in [6.45, 7) is 0.0246. The number of aromatic amines is 2. The van der Waals surface area contributed by atoms with Crippen LogP contribution in [0.3, 0.4) is 0 Å². The fourth-order valence-corrected chi connectivity index (χ4v) is 2.28. The van der Waals surface area contributed by atoms with E-state index in [1.807, 2.05) is 4.98 Å². The molecule has 0 aliphatic heterocycles. The first-order valence-electron chi connectivity index (χ1n) is 5.85. The summed E-state index contributed by atoms with van der Waals surface area (Å²) in [6.07, 6.45) is 2.61. The summed E-state index contributed by atoms with van der Waals surface area (Å²) < 4.78 is 0. The van der Waals surface area contributed by atoms with Crippen molar-refractivity contribution in [1.29, 1.82) is 0 Å². The Labute approximate surface area is 102 Å². The van der Waals surface area contributed by atoms with Gasteiger partial charge in [-0.15, -0.1) is 0 Å². The number of amides is 1. The van der Waals surface area contributed by atoms with Crippen molar-refractivity contribution in [2.75, 3.05) is 6.61 Å². The van der Waals surface area contributed by atoms with E-state index in [4.69, 9.17) is 5.11 Å². The zero-order valence-corrected chi connectivity index (χ0v) is 9.73. The van der Waals surface area contributed by atoms with Crippen LogP contribution in [0.5, 0.6) is 0 Å². The number of aromatic nitrogens is 2. The van der Waals surface area contributed by atoms with E-state index in [0.717, 1.165) is 25.3 Å². The van der Waals surface area contributed by atoms with E-state index in [1.165, 1.54) is 0 Å². The van der Waals surface area contributed by atoms with Crippen LogP contribution < -0.4 is 16.6 Å². The molecule has 4 N–H and O–H groups in total. The second-order valence-electron chi connectivity index (χ2n) is 4.45. The van der Waals surface area contributed by atoms with Gasteiger partial charge in [-0.3, -0.25) is 14.6 Å². The lowest BCUT2D eigenvalue weighted by Crippen LogP contribution is -2.40. The van der Waals surface area contributed by atoms with Crippen molar-refractivity contribution in [3.63, 3.8) is 0 Å². The van der Waals surface area contributed by atoms with Gasteiger partial charge in [0.1, 0.15) is 5.69 Å². The summed E-state index contributed by atoms with van der Waals surface area (Å²) in [4.78, 5) is 38.2. The van der Waals surface area contributed by atoms with Gasteiger partial charge >= 0.3 is 5.69 Å². The zero-order valence-electron chi connectivity index (χ0n) is 9.73. The highest BCUT2D eigenvalue weighted by molar-refractivity contribution is 5.92. The summed E-state index contributed by atoms with van der Waals surface area (Å²) in [5.41, 5.74) is -1.39. The zero-order chi connectivity index (χ0) is 13.1. The minimum atomic E-state index is -0.710. The van der Waals surface area contributed by atoms with Crippen molar-refractivity contribution in [1.82, 2.24) is 15.3 Å². The Kier molecular flexibility index (Phi) is 3.61. The quantitative estimate of drug-likeness (QED) is 0.550. The Bertz CT molecular complexity index is 519. The maximum absolute atomic E-state index is 11.9. The van der Waals surface area contributed by atoms with Crippen molar-refractivity contribution < 1.29 is 9.90 Å². The van der Waals surface area contributed by atoms with Gasteiger partial charge in [-0.1, -0.05) is 6.42 Å². The van der Waals surface area contributed by atoms with E-state index in [-0.39, 0.29) is 24.3 Å². The van der Waals surface area contributed by atoms with Crippen LogP contribution in [0.1, 0.15) is 29.8 Å². The third-order valence-electron chi connectivity index (χ3n) is 3.22. The highest BCUT2D eigenvalue weighted by atomic mass is 16.3. The highest BCUT2D eigenvalue weighted by Crippen LogP contribution is 2.25. The van der Waals surface area contributed by atoms with Crippen LogP contribution in [-0.4, -0.2) is 33.6 Å². The predicted molar refractivity (Wildman–Crippen MR) is 63.4 cm³/mol. The van der Waals surface area contributed by atoms with E-state index >= 15 is 0 Å². The third-order valence-corrected chi connectivity index (χ3v) is 3.22. The van der Waals surface area contributed by atoms with Gasteiger partial charge in [-0.25, -0.2) is 4.79 Å². The minimum absolute atomic E-state index is 0.0246. The van der Waals surface area contributed by atoms with Crippen molar-refractivity contribution in [3.05, 3.63) is 32.6 Å². The van der Waals surface area contributed by atoms with E-state index in [9.17, 15) is 14.4 Å². The van der Waals surface area contributed by atoms with Gasteiger partial charge in [0.15, 0.2) is 0 Å². The van der Waals surface area contributed by atoms with E-state index < -0.39 is 17.2 Å². The van der Waals surface area contributed by atoms with E-state index in [2.05, 4.69) is 10.3 Å². The van der Waals surface area contributed by atoms with Gasteiger partial charge in [0.25, 0.3) is 11.5 Å². The van der Waals surface area contributed by atoms with E-state index in [1.54, 1.807) is 0 Å². The second kappa shape index (κ2) is 5.18. The third kappa shape index (κ3) is 2.67. The number of rotatable bonds is 3. The number of H-pyrrole nitrogens is 2. The van der Waals surface area contributed by atoms with Crippen molar-refractivity contribution in [2.24, 2.45) is 5.92 Å². The Balaban J connectivity index is 2.12. The average molecular weight is 253 g/mol. The molecule has 1 saturated carbocycles. The van der Waals surface area contributed by atoms with Crippen molar-refractivity contribution >= 4 is 5.91 Å². The molecule has 0 spiro atoms. The number of aliphatic hydroxyl groups excluding tert-OH is 1. The molecular weight excluding hydrogens is 238 g/mol. The standard InChI is InChI=1S/C11H15N3O4/c15-5-6-2-1-3-7(6)12-10(17)8-4-9(16)14-11(18)13-8/h4,6-7,15H,1-3,5H2,(H,12,17)(H2,13,14,16,18). The largest absolute Gasteiger partial charge is 0.396 e. The summed E-state index contributed by atoms with van der Waals surface area (Å²) >= 11 is 0. The average Bonchev–Trinajstić information content (AvgIpc) is 2.75. The van der Waals surface area contributed by atoms with Crippen LogP contribution in [0.15, 0.2) is 15.7 Å². The molecule has 0 saturated heterocycles. The van der Waals surface area contributed by atoms with Crippen LogP contribution >= 0.6 is 0 Å². The Morgan fingerprint density at radius 2 is 2.17 bits per heavy atom. The molecule has 1 amide bonds. The molecule has 7 heteroatoms. The molecular formula is C11H15N3O4. The molecule has 1 aliphatic rings. The molecule has 1 aliphatic carbocycles. The molecule has 1 aromatic heterocycles. The molecule has 1 heterocycles. The number of carbonyl (C=O) groups excluding carboxylic acids is 1. The lowest BCUT2D eigenvalue weighted by molar-refractivity contribution is 0.0910. The number of nitrogens with one attached hydrogen (secondary N) is 3. The maximum Gasteiger partial charge on any atom is 0.326 e. The smallest absolute Gasteiger partial charge is 0.326 e. The molecule has 1 fully saturated rings. The minimum Gasteiger partial charge on any atom is -0.396 e. The first-order chi connectivity index (χ1) is 8.60. The summed E-state index contributed by atoms with van der Waals surface area (Å²) in [7, 11) is 0. The van der Waals surface area contributed by atoms with Crippen LogP contribution in [0.25, 0.3) is 0 Å². The van der Waals surface area contributed by atoms with Crippen LogP contribution in [-0.2, 0) is 0 Å². The van der Waals surface area contributed by atoms with Crippen LogP contribution in [0.4, 0.5) is 0 Å². The van der Waals surface area contributed by atoms with Crippen molar-refractivity contribution in [2.45, 2.75) is 25.3 Å².